The minimum atomic E-state index is -0.358. The number of pyridine rings is 1. The van der Waals surface area contributed by atoms with Gasteiger partial charge in [0.05, 0.1) is 10.3 Å². The van der Waals surface area contributed by atoms with Gasteiger partial charge >= 0.3 is 0 Å². The number of non-ortho nitro benzene ring substituents is 1. The number of nitrogens with zero attached hydrogens (tertiary/aromatic N) is 4. The average Bonchev–Trinajstić information content (AvgIpc) is 2.75. The Morgan fingerprint density at radius 3 is 2.48 bits per heavy atom. The maximum atomic E-state index is 11.2. The molecule has 1 saturated heterocycles. The van der Waals surface area contributed by atoms with Crippen LogP contribution in [0.3, 0.4) is 0 Å². The van der Waals surface area contributed by atoms with Gasteiger partial charge in [-0.3, -0.25) is 24.9 Å². The van der Waals surface area contributed by atoms with E-state index in [-0.39, 0.29) is 10.6 Å². The van der Waals surface area contributed by atoms with Crippen molar-refractivity contribution in [1.82, 2.24) is 14.8 Å². The van der Waals surface area contributed by atoms with Crippen LogP contribution in [0, 0.1) is 10.1 Å². The molecule has 0 spiro atoms. The van der Waals surface area contributed by atoms with E-state index in [2.05, 4.69) is 50.4 Å². The Hall–Kier alpha value is -3.03. The molecular formula is C22H25N5O2. The molecule has 1 aliphatic heterocycles. The highest BCUT2D eigenvalue weighted by molar-refractivity contribution is 5.99. The van der Waals surface area contributed by atoms with Gasteiger partial charge in [0.15, 0.2) is 0 Å². The Kier molecular flexibility index (Phi) is 5.97. The lowest BCUT2D eigenvalue weighted by molar-refractivity contribution is -0.383. The molecule has 4 rings (SSSR count). The first-order valence-electron chi connectivity index (χ1n) is 9.94. The van der Waals surface area contributed by atoms with Crippen LogP contribution >= 0.6 is 0 Å². The smallest absolute Gasteiger partial charge is 0.278 e. The molecule has 0 saturated carbocycles. The van der Waals surface area contributed by atoms with Crippen LogP contribution in [0.1, 0.15) is 5.56 Å². The molecule has 0 unspecified atom stereocenters. The van der Waals surface area contributed by atoms with Crippen molar-refractivity contribution in [2.75, 3.05) is 44.6 Å². The van der Waals surface area contributed by atoms with Crippen molar-refractivity contribution < 1.29 is 4.92 Å². The fourth-order valence-corrected chi connectivity index (χ4v) is 3.85. The van der Waals surface area contributed by atoms with Gasteiger partial charge in [0.25, 0.3) is 5.69 Å². The Morgan fingerprint density at radius 2 is 1.72 bits per heavy atom. The number of nitro benzene ring substituents is 1. The summed E-state index contributed by atoms with van der Waals surface area (Å²) in [6.07, 6.45) is 3.23. The minimum Gasteiger partial charge on any atom is -0.383 e. The second kappa shape index (κ2) is 8.98. The number of nitrogens with one attached hydrogen (secondary N) is 1. The minimum absolute atomic E-state index is 0.0909. The monoisotopic (exact) mass is 391 g/mol. The zero-order valence-electron chi connectivity index (χ0n) is 16.3. The highest BCUT2D eigenvalue weighted by Crippen LogP contribution is 2.30. The first-order chi connectivity index (χ1) is 14.2. The summed E-state index contributed by atoms with van der Waals surface area (Å²) in [5, 5.41) is 16.1. The van der Waals surface area contributed by atoms with Gasteiger partial charge in [-0.25, -0.2) is 0 Å². The van der Waals surface area contributed by atoms with Gasteiger partial charge in [0, 0.05) is 75.3 Å². The summed E-state index contributed by atoms with van der Waals surface area (Å²) in [7, 11) is 0. The second-order valence-corrected chi connectivity index (χ2v) is 7.34. The van der Waals surface area contributed by atoms with Gasteiger partial charge in [-0.2, -0.15) is 0 Å². The number of rotatable bonds is 7. The van der Waals surface area contributed by atoms with E-state index in [0.29, 0.717) is 5.39 Å². The largest absolute Gasteiger partial charge is 0.383 e. The molecule has 29 heavy (non-hydrogen) atoms. The van der Waals surface area contributed by atoms with Crippen LogP contribution in [0.5, 0.6) is 0 Å². The van der Waals surface area contributed by atoms with E-state index in [1.54, 1.807) is 24.5 Å². The number of fused-ring (bicyclic) bond motifs is 1. The van der Waals surface area contributed by atoms with Crippen LogP contribution in [0.4, 0.5) is 11.4 Å². The van der Waals surface area contributed by atoms with E-state index in [4.69, 9.17) is 0 Å². The normalized spacial score (nSPS) is 15.4. The fraction of sp³-hybridized carbons (Fsp3) is 0.318. The predicted octanol–water partition coefficient (Wildman–Crippen LogP) is 3.37. The van der Waals surface area contributed by atoms with Gasteiger partial charge in [-0.15, -0.1) is 0 Å². The van der Waals surface area contributed by atoms with Gasteiger partial charge in [-0.05, 0) is 17.7 Å². The molecule has 2 heterocycles. The molecule has 7 nitrogen and oxygen atoms in total. The summed E-state index contributed by atoms with van der Waals surface area (Å²) in [4.78, 5) is 19.9. The summed E-state index contributed by atoms with van der Waals surface area (Å²) in [6, 6.07) is 15.8. The third-order valence-corrected chi connectivity index (χ3v) is 5.45. The topological polar surface area (TPSA) is 74.5 Å². The molecule has 0 aliphatic carbocycles. The number of hydrogen-bond donors (Lipinski definition) is 1. The molecule has 150 valence electrons. The van der Waals surface area contributed by atoms with Crippen LogP contribution < -0.4 is 5.32 Å². The molecule has 7 heteroatoms. The first kappa shape index (κ1) is 19.3. The quantitative estimate of drug-likeness (QED) is 0.492. The molecule has 0 radical (unpaired) electrons. The van der Waals surface area contributed by atoms with Gasteiger partial charge < -0.3 is 5.32 Å². The number of piperazine rings is 1. The summed E-state index contributed by atoms with van der Waals surface area (Å²) >= 11 is 0. The summed E-state index contributed by atoms with van der Waals surface area (Å²) < 4.78 is 0. The van der Waals surface area contributed by atoms with Crippen molar-refractivity contribution >= 4 is 22.1 Å². The zero-order valence-corrected chi connectivity index (χ0v) is 16.3. The van der Waals surface area contributed by atoms with E-state index in [9.17, 15) is 10.1 Å². The molecule has 2 aromatic carbocycles. The van der Waals surface area contributed by atoms with Crippen LogP contribution in [0.2, 0.25) is 0 Å². The van der Waals surface area contributed by atoms with Crippen molar-refractivity contribution in [2.24, 2.45) is 0 Å². The molecule has 0 amide bonds. The van der Waals surface area contributed by atoms with Crippen molar-refractivity contribution in [1.29, 1.82) is 0 Å². The Morgan fingerprint density at radius 1 is 0.966 bits per heavy atom. The second-order valence-electron chi connectivity index (χ2n) is 7.34. The van der Waals surface area contributed by atoms with Crippen LogP contribution in [-0.2, 0) is 6.54 Å². The predicted molar refractivity (Wildman–Crippen MR) is 115 cm³/mol. The van der Waals surface area contributed by atoms with Gasteiger partial charge in [0.1, 0.15) is 0 Å². The fourth-order valence-electron chi connectivity index (χ4n) is 3.85. The maximum absolute atomic E-state index is 11.2. The zero-order chi connectivity index (χ0) is 20.1. The van der Waals surface area contributed by atoms with Crippen molar-refractivity contribution in [3.63, 3.8) is 0 Å². The Labute approximate surface area is 170 Å². The highest BCUT2D eigenvalue weighted by Gasteiger charge is 2.17. The SMILES string of the molecule is O=[N+]([O-])c1ccc(NCCN2CCN(Cc3ccccc3)CC2)c2ccncc12. The molecule has 0 bridgehead atoms. The summed E-state index contributed by atoms with van der Waals surface area (Å²) in [5.41, 5.74) is 2.37. The first-order valence-corrected chi connectivity index (χ1v) is 9.94. The maximum Gasteiger partial charge on any atom is 0.278 e. The lowest BCUT2D eigenvalue weighted by atomic mass is 10.1. The van der Waals surface area contributed by atoms with E-state index >= 15 is 0 Å². The number of benzene rings is 2. The molecule has 1 aromatic heterocycles. The van der Waals surface area contributed by atoms with Crippen molar-refractivity contribution in [3.8, 4) is 0 Å². The van der Waals surface area contributed by atoms with Crippen molar-refractivity contribution in [3.05, 3.63) is 76.6 Å². The average molecular weight is 391 g/mol. The van der Waals surface area contributed by atoms with Gasteiger partial charge in [-0.1, -0.05) is 30.3 Å². The van der Waals surface area contributed by atoms with Crippen LogP contribution in [0.15, 0.2) is 60.9 Å². The lowest BCUT2D eigenvalue weighted by Crippen LogP contribution is -2.47. The lowest BCUT2D eigenvalue weighted by Gasteiger charge is -2.34. The number of nitro groups is 1. The van der Waals surface area contributed by atoms with E-state index in [1.165, 1.54) is 5.56 Å². The molecule has 3 aromatic rings. The van der Waals surface area contributed by atoms with Gasteiger partial charge in [0.2, 0.25) is 0 Å². The summed E-state index contributed by atoms with van der Waals surface area (Å²) in [5.74, 6) is 0. The Balaban J connectivity index is 1.29. The summed E-state index contributed by atoms with van der Waals surface area (Å²) in [6.45, 7) is 7.01. The standard InChI is InChI=1S/C22H25N5O2/c28-27(29)22-7-6-21(19-8-9-23-16-20(19)22)24-10-11-25-12-14-26(15-13-25)17-18-4-2-1-3-5-18/h1-9,16,24H,10-15,17H2. The molecule has 1 fully saturated rings. The van der Waals surface area contributed by atoms with E-state index in [0.717, 1.165) is 56.9 Å². The molecular weight excluding hydrogens is 366 g/mol. The van der Waals surface area contributed by atoms with Crippen LogP contribution in [0.25, 0.3) is 10.8 Å². The third-order valence-electron chi connectivity index (χ3n) is 5.45. The van der Waals surface area contributed by atoms with Crippen LogP contribution in [-0.4, -0.2) is 59.0 Å². The third kappa shape index (κ3) is 4.70. The van der Waals surface area contributed by atoms with E-state index < -0.39 is 0 Å². The van der Waals surface area contributed by atoms with E-state index in [1.807, 2.05) is 6.07 Å². The molecule has 1 N–H and O–H groups in total. The van der Waals surface area contributed by atoms with Crippen molar-refractivity contribution in [2.45, 2.75) is 6.54 Å². The Bertz CT molecular complexity index is 971. The molecule has 0 atom stereocenters. The number of hydrogen-bond acceptors (Lipinski definition) is 6. The number of anilines is 1. The number of aromatic nitrogens is 1. The highest BCUT2D eigenvalue weighted by atomic mass is 16.6. The molecule has 1 aliphatic rings.